The highest BCUT2D eigenvalue weighted by Crippen LogP contribution is 2.44. The fourth-order valence-corrected chi connectivity index (χ4v) is 16.1. The SMILES string of the molecule is CCC1(COCCCCCOCc2ccc3c(c2)c2cc4oc5ccc(COCCCCCOCC6(C)COC6)cc5c4cc2n3-c2ccccc2)COC1.CCC1(COCCCCCOCc2ccc3oc4ccc5c(c6cc(COCCCCCOCC7(CC)COC7)ccc6n5-c5ccccc5)c4c3c2)COC1. The quantitative estimate of drug-likeness (QED) is 0.0333. The Balaban J connectivity index is 0.000000176. The molecular weight excluding hydrogens is 1390 g/mol. The largest absolute Gasteiger partial charge is 0.456 e. The topological polar surface area (TPSA) is 147 Å². The van der Waals surface area contributed by atoms with Crippen LogP contribution in [-0.4, -0.2) is 141 Å². The van der Waals surface area contributed by atoms with E-state index in [-0.39, 0.29) is 21.7 Å². The summed E-state index contributed by atoms with van der Waals surface area (Å²) in [5.74, 6) is 0. The Bertz CT molecular complexity index is 4940. The highest BCUT2D eigenvalue weighted by molar-refractivity contribution is 6.27. The number of para-hydroxylation sites is 2. The van der Waals surface area contributed by atoms with Crippen LogP contribution in [0.5, 0.6) is 0 Å². The number of nitrogens with zero attached hydrogens (tertiary/aromatic N) is 2. The van der Waals surface area contributed by atoms with E-state index in [1.165, 1.54) is 43.7 Å². The van der Waals surface area contributed by atoms with Crippen LogP contribution in [0, 0.1) is 21.7 Å². The van der Waals surface area contributed by atoms with Crippen LogP contribution in [0.4, 0.5) is 0 Å². The fraction of sp³-hybridized carbons (Fsp3) is 0.495. The zero-order chi connectivity index (χ0) is 75.7. The second kappa shape index (κ2) is 37.6. The van der Waals surface area contributed by atoms with Gasteiger partial charge in [-0.25, -0.2) is 0 Å². The summed E-state index contributed by atoms with van der Waals surface area (Å²) in [6.45, 7) is 27.3. The highest BCUT2D eigenvalue weighted by Gasteiger charge is 2.39. The van der Waals surface area contributed by atoms with Gasteiger partial charge in [-0.1, -0.05) is 88.4 Å². The van der Waals surface area contributed by atoms with Gasteiger partial charge in [0.15, 0.2) is 0 Å². The van der Waals surface area contributed by atoms with Gasteiger partial charge in [0.2, 0.25) is 0 Å². The number of fused-ring (bicyclic) bond motifs is 13. The van der Waals surface area contributed by atoms with Crippen molar-refractivity contribution in [3.8, 4) is 11.4 Å². The number of unbranched alkanes of at least 4 members (excludes halogenated alkanes) is 8. The van der Waals surface area contributed by atoms with Gasteiger partial charge in [0.05, 0.1) is 128 Å². The lowest BCUT2D eigenvalue weighted by molar-refractivity contribution is -0.150. The van der Waals surface area contributed by atoms with Crippen molar-refractivity contribution in [2.45, 2.75) is 150 Å². The van der Waals surface area contributed by atoms with Crippen molar-refractivity contribution in [1.82, 2.24) is 9.13 Å². The number of hydrogen-bond acceptors (Lipinski definition) is 14. The first-order chi connectivity index (χ1) is 54.6. The number of hydrogen-bond donors (Lipinski definition) is 0. The van der Waals surface area contributed by atoms with Gasteiger partial charge >= 0.3 is 0 Å². The molecule has 4 aromatic heterocycles. The average molecular weight is 1510 g/mol. The molecule has 0 bridgehead atoms. The maximum atomic E-state index is 6.49. The van der Waals surface area contributed by atoms with Crippen molar-refractivity contribution < 1.29 is 65.7 Å². The molecule has 8 heterocycles. The summed E-state index contributed by atoms with van der Waals surface area (Å²) in [5, 5.41) is 9.27. The van der Waals surface area contributed by atoms with Crippen LogP contribution in [0.15, 0.2) is 167 Å². The molecule has 4 fully saturated rings. The molecule has 0 atom stereocenters. The minimum absolute atomic E-state index is 0.220. The molecule has 16 heteroatoms. The lowest BCUT2D eigenvalue weighted by Gasteiger charge is -2.40. The van der Waals surface area contributed by atoms with Gasteiger partial charge in [-0.2, -0.15) is 0 Å². The molecule has 4 saturated heterocycles. The summed E-state index contributed by atoms with van der Waals surface area (Å²) >= 11 is 0. The molecule has 16 rings (SSSR count). The van der Waals surface area contributed by atoms with Crippen LogP contribution in [-0.2, 0) is 83.3 Å². The Labute approximate surface area is 654 Å². The average Bonchev–Trinajstić information content (AvgIpc) is 1.56. The molecule has 4 aliphatic rings. The molecule has 0 N–H and O–H groups in total. The molecule has 0 spiro atoms. The van der Waals surface area contributed by atoms with E-state index in [0.29, 0.717) is 26.4 Å². The Morgan fingerprint density at radius 1 is 0.288 bits per heavy atom. The van der Waals surface area contributed by atoms with Gasteiger partial charge in [0.1, 0.15) is 22.3 Å². The first kappa shape index (κ1) is 78.7. The minimum atomic E-state index is 0.220. The normalized spacial score (nSPS) is 16.3. The second-order valence-corrected chi connectivity index (χ2v) is 32.6. The summed E-state index contributed by atoms with van der Waals surface area (Å²) in [6.07, 6.45) is 16.1. The van der Waals surface area contributed by atoms with Gasteiger partial charge in [-0.05, 0) is 216 Å². The van der Waals surface area contributed by atoms with Crippen LogP contribution in [0.1, 0.15) is 146 Å². The van der Waals surface area contributed by atoms with Crippen molar-refractivity contribution >= 4 is 87.5 Å². The lowest BCUT2D eigenvalue weighted by atomic mass is 9.84. The van der Waals surface area contributed by atoms with Crippen LogP contribution in [0.25, 0.3) is 98.9 Å². The van der Waals surface area contributed by atoms with E-state index in [1.54, 1.807) is 0 Å². The molecule has 0 unspecified atom stereocenters. The highest BCUT2D eigenvalue weighted by atomic mass is 16.5. The molecule has 111 heavy (non-hydrogen) atoms. The molecule has 0 amide bonds. The predicted octanol–water partition coefficient (Wildman–Crippen LogP) is 21.5. The number of aromatic nitrogens is 2. The van der Waals surface area contributed by atoms with Crippen LogP contribution in [0.3, 0.4) is 0 Å². The third kappa shape index (κ3) is 18.8. The van der Waals surface area contributed by atoms with E-state index < -0.39 is 0 Å². The smallest absolute Gasteiger partial charge is 0.136 e. The third-order valence-corrected chi connectivity index (χ3v) is 23.7. The van der Waals surface area contributed by atoms with E-state index in [0.717, 1.165) is 306 Å². The summed E-state index contributed by atoms with van der Waals surface area (Å²) in [5.41, 5.74) is 16.1. The van der Waals surface area contributed by atoms with Crippen LogP contribution < -0.4 is 0 Å². The molecule has 590 valence electrons. The van der Waals surface area contributed by atoms with Crippen molar-refractivity contribution in [2.24, 2.45) is 21.7 Å². The van der Waals surface area contributed by atoms with Crippen molar-refractivity contribution in [1.29, 1.82) is 0 Å². The lowest BCUT2D eigenvalue weighted by Crippen LogP contribution is -2.45. The zero-order valence-corrected chi connectivity index (χ0v) is 66.2. The van der Waals surface area contributed by atoms with Gasteiger partial charge in [-0.3, -0.25) is 0 Å². The van der Waals surface area contributed by atoms with Gasteiger partial charge < -0.3 is 74.8 Å². The minimum Gasteiger partial charge on any atom is -0.456 e. The summed E-state index contributed by atoms with van der Waals surface area (Å²) in [4.78, 5) is 0. The van der Waals surface area contributed by atoms with Crippen molar-refractivity contribution in [3.63, 3.8) is 0 Å². The summed E-state index contributed by atoms with van der Waals surface area (Å²) in [7, 11) is 0. The van der Waals surface area contributed by atoms with E-state index >= 15 is 0 Å². The molecule has 0 saturated carbocycles. The van der Waals surface area contributed by atoms with Crippen LogP contribution >= 0.6 is 0 Å². The van der Waals surface area contributed by atoms with Crippen LogP contribution in [0.2, 0.25) is 0 Å². The van der Waals surface area contributed by atoms with E-state index in [2.05, 4.69) is 195 Å². The summed E-state index contributed by atoms with van der Waals surface area (Å²) in [6, 6.07) is 56.5. The number of ether oxygens (including phenoxy) is 12. The Kier molecular flexibility index (Phi) is 26.7. The standard InChI is InChI=1S/C48H59NO7.C47H57NO7/c1-3-47(32-54-33-47)30-52-24-12-6-10-22-50-28-36-16-18-41-39(26-36)45-42(49(41)38-14-8-5-9-15-38)19-21-44-46(45)40-27-37(17-20-43(40)56-44)29-51-23-11-7-13-25-53-31-48(4-2)34-55-35-48;1-3-47(33-54-34-47)32-52-22-12-6-10-19-49-27-35-15-17-42-38(23-35)39-26-45-41(25-43(39)48(42)37-13-7-4-8-14-37)40-24-36(16-18-44(40)55-45)28-50-20-9-5-11-21-51-29-46(2)30-53-31-46/h5,8-9,14-21,26-27H,3-4,6-7,10-13,22-25,28-35H2,1-2H3;4,7-8,13-18,23-26H,3,5-6,9-12,19-22,27-34H2,1-2H3. The molecule has 4 aliphatic heterocycles. The number of rotatable bonds is 45. The Morgan fingerprint density at radius 3 is 1.08 bits per heavy atom. The van der Waals surface area contributed by atoms with E-state index in [1.807, 2.05) is 0 Å². The molecule has 16 nitrogen and oxygen atoms in total. The summed E-state index contributed by atoms with van der Waals surface area (Å²) < 4.78 is 87.8. The zero-order valence-electron chi connectivity index (χ0n) is 66.2. The first-order valence-corrected chi connectivity index (χ1v) is 41.5. The van der Waals surface area contributed by atoms with Gasteiger partial charge in [0.25, 0.3) is 0 Å². The number of furan rings is 2. The fourth-order valence-electron chi connectivity index (χ4n) is 16.1. The van der Waals surface area contributed by atoms with E-state index in [4.69, 9.17) is 65.7 Å². The third-order valence-electron chi connectivity index (χ3n) is 23.7. The molecule has 12 aromatic rings. The second-order valence-electron chi connectivity index (χ2n) is 32.6. The maximum absolute atomic E-state index is 6.49. The molecule has 0 radical (unpaired) electrons. The maximum Gasteiger partial charge on any atom is 0.136 e. The number of benzene rings is 8. The Morgan fingerprint density at radius 2 is 0.640 bits per heavy atom. The molecular formula is C95H116N2O14. The van der Waals surface area contributed by atoms with E-state index in [9.17, 15) is 0 Å². The first-order valence-electron chi connectivity index (χ1n) is 41.5. The molecule has 8 aromatic carbocycles. The monoisotopic (exact) mass is 1510 g/mol. The Hall–Kier alpha value is -7.52. The van der Waals surface area contributed by atoms with Gasteiger partial charge in [-0.15, -0.1) is 0 Å². The molecule has 0 aliphatic carbocycles. The predicted molar refractivity (Wildman–Crippen MR) is 443 cm³/mol. The van der Waals surface area contributed by atoms with Gasteiger partial charge in [0, 0.05) is 129 Å². The van der Waals surface area contributed by atoms with Crippen molar-refractivity contribution in [3.05, 3.63) is 180 Å². The van der Waals surface area contributed by atoms with Crippen molar-refractivity contribution in [2.75, 3.05) is 132 Å².